The first-order valence-electron chi connectivity index (χ1n) is 11.7. The van der Waals surface area contributed by atoms with Crippen LogP contribution in [-0.2, 0) is 9.59 Å². The summed E-state index contributed by atoms with van der Waals surface area (Å²) >= 11 is 6.18. The minimum atomic E-state index is -0.274. The van der Waals surface area contributed by atoms with Gasteiger partial charge in [0, 0.05) is 55.4 Å². The van der Waals surface area contributed by atoms with Gasteiger partial charge in [-0.05, 0) is 67.1 Å². The standard InChI is InChI=1S/C26H31ClFN3O2/c1-19-4-7-21(16-23(19)27)29-24(32)17-26(10-2-3-11-26)18-25(33)31-14-12-30(13-15-31)22-8-5-20(28)6-9-22/h4-9,16H,2-3,10-15,17-18H2,1H3,(H,29,32). The zero-order valence-electron chi connectivity index (χ0n) is 19.1. The van der Waals surface area contributed by atoms with E-state index in [1.165, 1.54) is 12.1 Å². The number of carbonyl (C=O) groups excluding carboxylic acids is 2. The molecule has 33 heavy (non-hydrogen) atoms. The Morgan fingerprint density at radius 1 is 1.00 bits per heavy atom. The Kier molecular flexibility index (Phi) is 7.23. The molecule has 0 aromatic heterocycles. The molecule has 4 rings (SSSR count). The topological polar surface area (TPSA) is 52.7 Å². The fourth-order valence-corrected chi connectivity index (χ4v) is 5.24. The molecule has 2 aromatic carbocycles. The van der Waals surface area contributed by atoms with Crippen molar-refractivity contribution in [2.24, 2.45) is 5.41 Å². The maximum Gasteiger partial charge on any atom is 0.224 e. The van der Waals surface area contributed by atoms with Crippen LogP contribution in [0.1, 0.15) is 44.1 Å². The van der Waals surface area contributed by atoms with Crippen LogP contribution < -0.4 is 10.2 Å². The van der Waals surface area contributed by atoms with E-state index < -0.39 is 0 Å². The van der Waals surface area contributed by atoms with Crippen molar-refractivity contribution < 1.29 is 14.0 Å². The molecule has 0 atom stereocenters. The van der Waals surface area contributed by atoms with E-state index in [0.29, 0.717) is 36.6 Å². The van der Waals surface area contributed by atoms with Crippen LogP contribution in [0.25, 0.3) is 0 Å². The highest BCUT2D eigenvalue weighted by Gasteiger charge is 2.39. The largest absolute Gasteiger partial charge is 0.368 e. The monoisotopic (exact) mass is 471 g/mol. The number of aryl methyl sites for hydroxylation is 1. The molecule has 2 amide bonds. The number of anilines is 2. The molecule has 7 heteroatoms. The molecule has 176 valence electrons. The SMILES string of the molecule is Cc1ccc(NC(=O)CC2(CC(=O)N3CCN(c4ccc(F)cc4)CC3)CCCC2)cc1Cl. The predicted octanol–water partition coefficient (Wildman–Crippen LogP) is 5.42. The molecule has 1 saturated heterocycles. The van der Waals surface area contributed by atoms with E-state index in [1.807, 2.05) is 24.0 Å². The molecule has 0 unspecified atom stereocenters. The quantitative estimate of drug-likeness (QED) is 0.612. The molecule has 2 aromatic rings. The average molecular weight is 472 g/mol. The highest BCUT2D eigenvalue weighted by Crippen LogP contribution is 2.44. The summed E-state index contributed by atoms with van der Waals surface area (Å²) in [7, 11) is 0. The van der Waals surface area contributed by atoms with Crippen LogP contribution in [0.3, 0.4) is 0 Å². The molecule has 0 spiro atoms. The number of carbonyl (C=O) groups is 2. The second-order valence-electron chi connectivity index (χ2n) is 9.42. The Morgan fingerprint density at radius 3 is 2.30 bits per heavy atom. The highest BCUT2D eigenvalue weighted by molar-refractivity contribution is 6.31. The summed E-state index contributed by atoms with van der Waals surface area (Å²) in [5.74, 6) is -0.184. The first-order valence-corrected chi connectivity index (χ1v) is 12.1. The van der Waals surface area contributed by atoms with Crippen molar-refractivity contribution in [3.63, 3.8) is 0 Å². The van der Waals surface area contributed by atoms with Crippen LogP contribution in [0, 0.1) is 18.2 Å². The number of rotatable bonds is 6. The van der Waals surface area contributed by atoms with Gasteiger partial charge in [0.2, 0.25) is 11.8 Å². The molecule has 1 aliphatic heterocycles. The molecule has 5 nitrogen and oxygen atoms in total. The van der Waals surface area contributed by atoms with Crippen LogP contribution >= 0.6 is 11.6 Å². The van der Waals surface area contributed by atoms with E-state index >= 15 is 0 Å². The molecule has 2 aliphatic rings. The normalized spacial score (nSPS) is 17.8. The summed E-state index contributed by atoms with van der Waals surface area (Å²) in [6, 6.07) is 12.0. The van der Waals surface area contributed by atoms with Gasteiger partial charge in [0.15, 0.2) is 0 Å². The summed E-state index contributed by atoms with van der Waals surface area (Å²) in [4.78, 5) is 30.1. The Balaban J connectivity index is 1.33. The van der Waals surface area contributed by atoms with Crippen molar-refractivity contribution in [3.8, 4) is 0 Å². The van der Waals surface area contributed by atoms with E-state index in [0.717, 1.165) is 50.0 Å². The lowest BCUT2D eigenvalue weighted by atomic mass is 9.78. The minimum absolute atomic E-state index is 0.0641. The Hall–Kier alpha value is -2.60. The number of nitrogens with zero attached hydrogens (tertiary/aromatic N) is 2. The maximum atomic E-state index is 13.2. The molecular weight excluding hydrogens is 441 g/mol. The Bertz CT molecular complexity index is 997. The average Bonchev–Trinajstić information content (AvgIpc) is 3.24. The zero-order chi connectivity index (χ0) is 23.4. The second-order valence-corrected chi connectivity index (χ2v) is 9.82. The van der Waals surface area contributed by atoms with Gasteiger partial charge in [-0.2, -0.15) is 0 Å². The third-order valence-electron chi connectivity index (χ3n) is 7.01. The van der Waals surface area contributed by atoms with Crippen LogP contribution in [-0.4, -0.2) is 42.9 Å². The maximum absolute atomic E-state index is 13.2. The number of halogens is 2. The first kappa shape index (κ1) is 23.6. The summed E-state index contributed by atoms with van der Waals surface area (Å²) in [5.41, 5.74) is 2.35. The number of hydrogen-bond acceptors (Lipinski definition) is 3. The number of nitrogens with one attached hydrogen (secondary N) is 1. The van der Waals surface area contributed by atoms with Gasteiger partial charge >= 0.3 is 0 Å². The molecule has 1 heterocycles. The molecule has 1 aliphatic carbocycles. The van der Waals surface area contributed by atoms with Gasteiger partial charge in [0.1, 0.15) is 5.82 Å². The number of hydrogen-bond donors (Lipinski definition) is 1. The number of amides is 2. The minimum Gasteiger partial charge on any atom is -0.368 e. The van der Waals surface area contributed by atoms with Gasteiger partial charge in [-0.1, -0.05) is 30.5 Å². The van der Waals surface area contributed by atoms with Crippen molar-refractivity contribution in [3.05, 3.63) is 58.9 Å². The van der Waals surface area contributed by atoms with Crippen LogP contribution in [0.2, 0.25) is 5.02 Å². The zero-order valence-corrected chi connectivity index (χ0v) is 19.8. The lowest BCUT2D eigenvalue weighted by Gasteiger charge is -2.38. The van der Waals surface area contributed by atoms with Crippen molar-refractivity contribution >= 4 is 34.8 Å². The van der Waals surface area contributed by atoms with Crippen molar-refractivity contribution in [2.45, 2.75) is 45.4 Å². The fraction of sp³-hybridized carbons (Fsp3) is 0.462. The fourth-order valence-electron chi connectivity index (χ4n) is 5.06. The van der Waals surface area contributed by atoms with E-state index in [2.05, 4.69) is 10.2 Å². The van der Waals surface area contributed by atoms with E-state index in [9.17, 15) is 14.0 Å². The van der Waals surface area contributed by atoms with Crippen molar-refractivity contribution in [2.75, 3.05) is 36.4 Å². The van der Waals surface area contributed by atoms with Gasteiger partial charge < -0.3 is 15.1 Å². The van der Waals surface area contributed by atoms with Gasteiger partial charge in [0.05, 0.1) is 0 Å². The molecule has 0 radical (unpaired) electrons. The van der Waals surface area contributed by atoms with Gasteiger partial charge in [-0.25, -0.2) is 4.39 Å². The smallest absolute Gasteiger partial charge is 0.224 e. The van der Waals surface area contributed by atoms with E-state index in [1.54, 1.807) is 18.2 Å². The third kappa shape index (κ3) is 5.85. The lowest BCUT2D eigenvalue weighted by molar-refractivity contribution is -0.134. The Labute approximate surface area is 199 Å². The molecular formula is C26H31ClFN3O2. The van der Waals surface area contributed by atoms with Crippen LogP contribution in [0.4, 0.5) is 15.8 Å². The molecule has 1 saturated carbocycles. The highest BCUT2D eigenvalue weighted by atomic mass is 35.5. The summed E-state index contributed by atoms with van der Waals surface area (Å²) < 4.78 is 13.2. The Morgan fingerprint density at radius 2 is 1.67 bits per heavy atom. The molecule has 2 fully saturated rings. The molecule has 0 bridgehead atoms. The summed E-state index contributed by atoms with van der Waals surface area (Å²) in [6.07, 6.45) is 4.66. The number of benzene rings is 2. The van der Waals surface area contributed by atoms with Gasteiger partial charge in [0.25, 0.3) is 0 Å². The molecule has 1 N–H and O–H groups in total. The van der Waals surface area contributed by atoms with E-state index in [-0.39, 0.29) is 23.0 Å². The lowest BCUT2D eigenvalue weighted by Crippen LogP contribution is -2.49. The summed E-state index contributed by atoms with van der Waals surface area (Å²) in [6.45, 7) is 4.64. The number of piperazine rings is 1. The first-order chi connectivity index (χ1) is 15.8. The van der Waals surface area contributed by atoms with Gasteiger partial charge in [-0.3, -0.25) is 9.59 Å². The van der Waals surface area contributed by atoms with Crippen molar-refractivity contribution in [1.82, 2.24) is 4.90 Å². The van der Waals surface area contributed by atoms with Gasteiger partial charge in [-0.15, -0.1) is 0 Å². The summed E-state index contributed by atoms with van der Waals surface area (Å²) in [5, 5.41) is 3.58. The second kappa shape index (κ2) is 10.1. The van der Waals surface area contributed by atoms with E-state index in [4.69, 9.17) is 11.6 Å². The predicted molar refractivity (Wildman–Crippen MR) is 130 cm³/mol. The van der Waals surface area contributed by atoms with Crippen LogP contribution in [0.5, 0.6) is 0 Å². The van der Waals surface area contributed by atoms with Crippen LogP contribution in [0.15, 0.2) is 42.5 Å². The van der Waals surface area contributed by atoms with Crippen molar-refractivity contribution in [1.29, 1.82) is 0 Å². The third-order valence-corrected chi connectivity index (χ3v) is 7.41.